The van der Waals surface area contributed by atoms with Gasteiger partial charge >= 0.3 is 111 Å². The Labute approximate surface area is 110 Å². The Hall–Kier alpha value is 1.23. The van der Waals surface area contributed by atoms with E-state index in [1.807, 2.05) is 0 Å². The molecule has 1 nitrogen and oxygen atoms in total. The molecule has 15 heavy (non-hydrogen) atoms. The first-order chi connectivity index (χ1) is 6.69. The third kappa shape index (κ3) is 1.43. The van der Waals surface area contributed by atoms with Crippen molar-refractivity contribution in [2.24, 2.45) is 0 Å². The quantitative estimate of drug-likeness (QED) is 0.569. The fraction of sp³-hybridized carbons (Fsp3) is 0.909. The van der Waals surface area contributed by atoms with E-state index in [0.29, 0.717) is 42.1 Å². The molecule has 4 fully saturated rings. The van der Waals surface area contributed by atoms with Crippen LogP contribution in [-0.2, 0) is 4.79 Å². The summed E-state index contributed by atoms with van der Waals surface area (Å²) in [5, 5.41) is 0. The van der Waals surface area contributed by atoms with Gasteiger partial charge in [-0.1, -0.05) is 0 Å². The fourth-order valence-electron chi connectivity index (χ4n) is 3.71. The van der Waals surface area contributed by atoms with Gasteiger partial charge in [-0.15, -0.1) is 0 Å². The van der Waals surface area contributed by atoms with Crippen molar-refractivity contribution in [2.45, 2.75) is 55.6 Å². The van der Waals surface area contributed by atoms with Gasteiger partial charge in [-0.3, -0.25) is 0 Å². The van der Waals surface area contributed by atoms with Gasteiger partial charge in [0.2, 0.25) is 0 Å². The summed E-state index contributed by atoms with van der Waals surface area (Å²) < 4.78 is 1.38. The number of carbonyl (C=O) groups is 1. The van der Waals surface area contributed by atoms with Crippen LogP contribution in [0.3, 0.4) is 0 Å². The molecule has 4 atom stereocenters. The molecule has 0 saturated carbocycles. The van der Waals surface area contributed by atoms with Crippen LogP contribution in [0.5, 0.6) is 0 Å². The molecule has 4 heteroatoms. The summed E-state index contributed by atoms with van der Waals surface area (Å²) in [6, 6.07) is 0. The van der Waals surface area contributed by atoms with Crippen molar-refractivity contribution in [3.05, 3.63) is 0 Å². The molecule has 0 aromatic heterocycles. The monoisotopic (exact) mass is 404 g/mol. The van der Waals surface area contributed by atoms with E-state index in [9.17, 15) is 4.79 Å². The first-order valence-corrected chi connectivity index (χ1v) is 10.5. The molecule has 0 radical (unpaired) electrons. The van der Waals surface area contributed by atoms with E-state index < -0.39 is 0 Å². The van der Waals surface area contributed by atoms with Crippen molar-refractivity contribution >= 4 is 50.7 Å². The van der Waals surface area contributed by atoms with Gasteiger partial charge in [-0.05, 0) is 0 Å². The van der Waals surface area contributed by atoms with Crippen LogP contribution in [0.15, 0.2) is 0 Å². The van der Waals surface area contributed by atoms with Crippen molar-refractivity contribution < 1.29 is 4.79 Å². The van der Waals surface area contributed by atoms with E-state index >= 15 is 0 Å². The average Bonchev–Trinajstić information content (AvgIpc) is 1.93. The normalized spacial score (nSPS) is 62.5. The van der Waals surface area contributed by atoms with Gasteiger partial charge < -0.3 is 0 Å². The van der Waals surface area contributed by atoms with Crippen LogP contribution in [0.2, 0.25) is 15.1 Å². The maximum absolute atomic E-state index is 12.5. The predicted molar refractivity (Wildman–Crippen MR) is 65.0 cm³/mol. The van der Waals surface area contributed by atoms with E-state index in [4.69, 9.17) is 0 Å². The van der Waals surface area contributed by atoms with Crippen molar-refractivity contribution in [2.75, 3.05) is 0 Å². The maximum atomic E-state index is 12.5. The Balaban J connectivity index is 2.16. The molecular weight excluding hydrogens is 385 g/mol. The standard InChI is InChI=1S/C11H16OSe3/c1-8-5-10(3)14-9(2,7(8)12)6-11(4,13-8)15-10/h5-6H2,1-4H3/t8-,9-,10+,11+/m0/s1. The number of Topliss-reactive ketones (excluding diaryl/α,β-unsaturated/α-hetero) is 1. The van der Waals surface area contributed by atoms with Gasteiger partial charge in [0, 0.05) is 0 Å². The molecule has 84 valence electrons. The zero-order valence-electron chi connectivity index (χ0n) is 9.55. The molecule has 0 aliphatic carbocycles. The van der Waals surface area contributed by atoms with Crippen molar-refractivity contribution in [3.63, 3.8) is 0 Å². The van der Waals surface area contributed by atoms with E-state index in [-0.39, 0.29) is 8.63 Å². The summed E-state index contributed by atoms with van der Waals surface area (Å²) in [4.78, 5) is 12.5. The van der Waals surface area contributed by atoms with Crippen LogP contribution in [-0.4, -0.2) is 50.7 Å². The molecule has 0 spiro atoms. The molecule has 0 amide bonds. The van der Waals surface area contributed by atoms with Crippen LogP contribution in [0.1, 0.15) is 40.5 Å². The Kier molecular flexibility index (Phi) is 2.11. The SMILES string of the molecule is C[C@@]12C[C@]3(C)[Se][C@@](C)(C[C@](C)([Se]1)C3=O)[Se]2. The molecule has 0 aromatic rings. The number of carbonyl (C=O) groups excluding carboxylic acids is 1. The Morgan fingerprint density at radius 3 is 1.67 bits per heavy atom. The summed E-state index contributed by atoms with van der Waals surface area (Å²) >= 11 is 1.92. The molecule has 0 aromatic carbocycles. The second-order valence-corrected chi connectivity index (χ2v) is 21.0. The molecule has 4 rings (SSSR count). The molecule has 4 bridgehead atoms. The second-order valence-electron chi connectivity index (χ2n) is 5.72. The van der Waals surface area contributed by atoms with Crippen LogP contribution < -0.4 is 0 Å². The Morgan fingerprint density at radius 2 is 1.27 bits per heavy atom. The minimum atomic E-state index is 0.101. The van der Waals surface area contributed by atoms with Gasteiger partial charge in [0.1, 0.15) is 0 Å². The summed E-state index contributed by atoms with van der Waals surface area (Å²) in [5.74, 6) is 0.639. The zero-order valence-corrected chi connectivity index (χ0v) is 14.7. The summed E-state index contributed by atoms with van der Waals surface area (Å²) in [5.41, 5.74) is 0. The van der Waals surface area contributed by atoms with E-state index in [0.717, 1.165) is 15.0 Å². The van der Waals surface area contributed by atoms with Crippen LogP contribution in [0.4, 0.5) is 0 Å². The van der Waals surface area contributed by atoms with Gasteiger partial charge in [-0.2, -0.15) is 0 Å². The second kappa shape index (κ2) is 2.79. The molecule has 4 aliphatic rings. The summed E-state index contributed by atoms with van der Waals surface area (Å²) in [7, 11) is 0. The Morgan fingerprint density at radius 1 is 0.867 bits per heavy atom. The molecule has 0 N–H and O–H groups in total. The van der Waals surface area contributed by atoms with Gasteiger partial charge in [0.05, 0.1) is 0 Å². The van der Waals surface area contributed by atoms with Gasteiger partial charge in [0.25, 0.3) is 0 Å². The predicted octanol–water partition coefficient (Wildman–Crippen LogP) is 2.12. The topological polar surface area (TPSA) is 17.1 Å². The Bertz CT molecular complexity index is 319. The fourth-order valence-corrected chi connectivity index (χ4v) is 28.2. The van der Waals surface area contributed by atoms with Gasteiger partial charge in [-0.25, -0.2) is 0 Å². The molecule has 4 aliphatic heterocycles. The summed E-state index contributed by atoms with van der Waals surface area (Å²) in [6.45, 7) is 9.49. The number of hydrogen-bond acceptors (Lipinski definition) is 1. The molecule has 0 unspecified atom stereocenters. The average molecular weight is 401 g/mol. The first-order valence-electron chi connectivity index (χ1n) is 5.34. The molecule has 4 saturated heterocycles. The molecule has 4 heterocycles. The van der Waals surface area contributed by atoms with Crippen LogP contribution in [0, 0.1) is 0 Å². The van der Waals surface area contributed by atoms with E-state index in [1.54, 1.807) is 0 Å². The van der Waals surface area contributed by atoms with Crippen molar-refractivity contribution in [1.82, 2.24) is 0 Å². The third-order valence-corrected chi connectivity index (χ3v) is 15.3. The van der Waals surface area contributed by atoms with Crippen molar-refractivity contribution in [1.29, 1.82) is 0 Å². The van der Waals surface area contributed by atoms with E-state index in [1.165, 1.54) is 12.8 Å². The molecular formula is C11H16OSe3. The first kappa shape index (κ1) is 11.3. The summed E-state index contributed by atoms with van der Waals surface area (Å²) in [6.07, 6.45) is 2.45. The number of hydrogen-bond donors (Lipinski definition) is 0. The van der Waals surface area contributed by atoms with E-state index in [2.05, 4.69) is 27.7 Å². The van der Waals surface area contributed by atoms with Crippen molar-refractivity contribution in [3.8, 4) is 0 Å². The van der Waals surface area contributed by atoms with Crippen LogP contribution in [0.25, 0.3) is 0 Å². The minimum absolute atomic E-state index is 0.101. The third-order valence-electron chi connectivity index (χ3n) is 3.59. The van der Waals surface area contributed by atoms with Gasteiger partial charge in [0.15, 0.2) is 0 Å². The zero-order chi connectivity index (χ0) is 11.1. The van der Waals surface area contributed by atoms with Crippen LogP contribution >= 0.6 is 0 Å². The number of ketones is 1. The number of rotatable bonds is 0.